The Bertz CT molecular complexity index is 30.2. The minimum absolute atomic E-state index is 0.344. The van der Waals surface area contributed by atoms with Crippen molar-refractivity contribution < 1.29 is 5.11 Å². The molecule has 0 aliphatic heterocycles. The second-order valence-corrected chi connectivity index (χ2v) is 3.43. The van der Waals surface area contributed by atoms with Crippen molar-refractivity contribution in [2.45, 2.75) is 44.8 Å². The van der Waals surface area contributed by atoms with Gasteiger partial charge in [-0.3, -0.25) is 0 Å². The lowest BCUT2D eigenvalue weighted by molar-refractivity contribution is 0.287. The van der Waals surface area contributed by atoms with Crippen LogP contribution in [0.15, 0.2) is 0 Å². The van der Waals surface area contributed by atoms with Crippen molar-refractivity contribution in [2.75, 3.05) is 6.61 Å². The molecule has 0 aliphatic rings. The number of aliphatic hydroxyl groups excluding tert-OH is 1. The molecule has 0 amide bonds. The highest BCUT2D eigenvalue weighted by Gasteiger charge is 1.69. The molecule has 0 spiro atoms. The van der Waals surface area contributed by atoms with Crippen molar-refractivity contribution >= 4 is 16.3 Å². The Hall–Kier alpha value is 0.492. The highest BCUT2D eigenvalue weighted by atomic mass is 27.0. The van der Waals surface area contributed by atoms with Gasteiger partial charge in [-0.05, 0) is 6.42 Å². The van der Waals surface area contributed by atoms with Crippen LogP contribution in [-0.4, -0.2) is 28.0 Å². The molecule has 0 saturated carbocycles. The first-order valence-electron chi connectivity index (χ1n) is 4.44. The van der Waals surface area contributed by atoms with Crippen LogP contribution in [0.2, 0.25) is 5.28 Å². The molecule has 10 heavy (non-hydrogen) atoms. The highest BCUT2D eigenvalue weighted by molar-refractivity contribution is 6.08. The minimum Gasteiger partial charge on any atom is -0.396 e. The lowest BCUT2D eigenvalue weighted by atomic mass is 10.4. The van der Waals surface area contributed by atoms with E-state index in [-0.39, 0.29) is 0 Å². The van der Waals surface area contributed by atoms with Gasteiger partial charge in [-0.25, -0.2) is 0 Å². The van der Waals surface area contributed by atoms with Crippen LogP contribution >= 0.6 is 0 Å². The fraction of sp³-hybridized carbons (Fsp3) is 1.00. The monoisotopic (exact) mass is 160 g/mol. The van der Waals surface area contributed by atoms with Crippen LogP contribution in [0.3, 0.4) is 0 Å². The van der Waals surface area contributed by atoms with Gasteiger partial charge in [0.25, 0.3) is 0 Å². The lowest BCUT2D eigenvalue weighted by Crippen LogP contribution is -1.75. The smallest absolute Gasteiger partial charge is 0.211 e. The third kappa shape index (κ3) is 23.6. The Morgan fingerprint density at radius 2 is 1.60 bits per heavy atom. The maximum Gasteiger partial charge on any atom is 0.211 e. The predicted molar refractivity (Wildman–Crippen MR) is 50.3 cm³/mol. The van der Waals surface area contributed by atoms with E-state index < -0.39 is 0 Å². The van der Waals surface area contributed by atoms with Gasteiger partial charge in [-0.15, -0.1) is 5.28 Å². The van der Waals surface area contributed by atoms with Crippen LogP contribution in [0.4, 0.5) is 0 Å². The van der Waals surface area contributed by atoms with Crippen molar-refractivity contribution in [3.63, 3.8) is 0 Å². The van der Waals surface area contributed by atoms with Crippen molar-refractivity contribution in [3.05, 3.63) is 0 Å². The second-order valence-electron chi connectivity index (χ2n) is 2.43. The second kappa shape index (κ2) is 16.2. The van der Waals surface area contributed by atoms with Crippen LogP contribution in [0, 0.1) is 0 Å². The average Bonchev–Trinajstić information content (AvgIpc) is 1.93. The Kier molecular flexibility index (Phi) is 21.3. The van der Waals surface area contributed by atoms with Gasteiger partial charge < -0.3 is 5.11 Å². The molecule has 2 heteroatoms. The quantitative estimate of drug-likeness (QED) is 0.619. The van der Waals surface area contributed by atoms with Gasteiger partial charge in [-0.1, -0.05) is 33.1 Å². The van der Waals surface area contributed by atoms with Crippen LogP contribution in [0.1, 0.15) is 39.5 Å². The maximum atomic E-state index is 8.07. The summed E-state index contributed by atoms with van der Waals surface area (Å²) in [5.41, 5.74) is 0. The number of unbranched alkanes of at least 4 members (excludes halogenated alkanes) is 2. The summed E-state index contributed by atoms with van der Waals surface area (Å²) in [5.74, 6) is 0. The van der Waals surface area contributed by atoms with E-state index in [1.54, 1.807) is 0 Å². The topological polar surface area (TPSA) is 20.2 Å². The Labute approximate surface area is 73.3 Å². The molecule has 0 rings (SSSR count). The van der Waals surface area contributed by atoms with Crippen molar-refractivity contribution in [1.82, 2.24) is 0 Å². The molecule has 0 aromatic carbocycles. The molecule has 1 N–H and O–H groups in total. The largest absolute Gasteiger partial charge is 0.396 e. The maximum absolute atomic E-state index is 8.07. The van der Waals surface area contributed by atoms with Crippen LogP contribution in [0.5, 0.6) is 0 Å². The molecule has 0 heterocycles. The highest BCUT2D eigenvalue weighted by Crippen LogP contribution is 1.86. The molecule has 0 saturated heterocycles. The first kappa shape index (κ1) is 13.1. The Balaban J connectivity index is 0. The summed E-state index contributed by atoms with van der Waals surface area (Å²) in [6.07, 6.45) is 4.87. The third-order valence-corrected chi connectivity index (χ3v) is 1.93. The zero-order valence-corrected chi connectivity index (χ0v) is 9.69. The third-order valence-electron chi connectivity index (χ3n) is 1.22. The average molecular weight is 160 g/mol. The van der Waals surface area contributed by atoms with Crippen molar-refractivity contribution in [1.29, 1.82) is 0 Å². The standard InChI is InChI=1S/C4H10O.C4H9.Al.2H/c1-2-3-4-5;1-3-4-2;;;/h5H,2-4H2,1H3;1,3-4H2,2H3;;;. The van der Waals surface area contributed by atoms with Gasteiger partial charge in [0.15, 0.2) is 0 Å². The zero-order chi connectivity index (χ0) is 8.24. The summed E-state index contributed by atoms with van der Waals surface area (Å²) >= 11 is 1.40. The van der Waals surface area contributed by atoms with Gasteiger partial charge in [0, 0.05) is 6.61 Å². The van der Waals surface area contributed by atoms with Crippen LogP contribution < -0.4 is 0 Å². The van der Waals surface area contributed by atoms with Gasteiger partial charge in [-0.2, -0.15) is 0 Å². The van der Waals surface area contributed by atoms with E-state index >= 15 is 0 Å². The summed E-state index contributed by atoms with van der Waals surface area (Å²) in [4.78, 5) is 0. The molecule has 0 aromatic heterocycles. The molecule has 62 valence electrons. The summed E-state index contributed by atoms with van der Waals surface area (Å²) < 4.78 is 0. The number of hydrogen-bond acceptors (Lipinski definition) is 1. The molecule has 0 radical (unpaired) electrons. The van der Waals surface area contributed by atoms with E-state index in [4.69, 9.17) is 5.11 Å². The summed E-state index contributed by atoms with van der Waals surface area (Å²) in [6, 6.07) is 0. The first-order valence-corrected chi connectivity index (χ1v) is 5.85. The molecule has 0 bridgehead atoms. The Morgan fingerprint density at radius 3 is 1.60 bits per heavy atom. The summed E-state index contributed by atoms with van der Waals surface area (Å²) in [7, 11) is 0. The van der Waals surface area contributed by atoms with Gasteiger partial charge in [0.2, 0.25) is 16.3 Å². The zero-order valence-electron chi connectivity index (χ0n) is 7.69. The van der Waals surface area contributed by atoms with E-state index in [0.717, 1.165) is 12.8 Å². The SMILES string of the molecule is CCCCO.CCC[CH2][AlH2]. The van der Waals surface area contributed by atoms with Gasteiger partial charge in [0.05, 0.1) is 0 Å². The predicted octanol–water partition coefficient (Wildman–Crippen LogP) is 1.62. The fourth-order valence-corrected chi connectivity index (χ4v) is 1.22. The molecule has 0 unspecified atom stereocenters. The van der Waals surface area contributed by atoms with Crippen LogP contribution in [0.25, 0.3) is 0 Å². The molecule has 1 nitrogen and oxygen atoms in total. The molecular formula is C8H21AlO. The van der Waals surface area contributed by atoms with E-state index in [9.17, 15) is 0 Å². The van der Waals surface area contributed by atoms with Crippen molar-refractivity contribution in [2.24, 2.45) is 0 Å². The van der Waals surface area contributed by atoms with E-state index in [2.05, 4.69) is 13.8 Å². The first-order chi connectivity index (χ1) is 4.83. The van der Waals surface area contributed by atoms with Gasteiger partial charge in [0.1, 0.15) is 0 Å². The number of rotatable bonds is 4. The summed E-state index contributed by atoms with van der Waals surface area (Å²) in [6.45, 7) is 4.63. The molecular weight excluding hydrogens is 139 g/mol. The fourth-order valence-electron chi connectivity index (χ4n) is 0.512. The minimum atomic E-state index is 0.344. The molecule has 0 aromatic rings. The normalized spacial score (nSPS) is 8.30. The number of aliphatic hydroxyl groups is 1. The molecule has 0 atom stereocenters. The lowest BCUT2D eigenvalue weighted by Gasteiger charge is -1.79. The van der Waals surface area contributed by atoms with Gasteiger partial charge >= 0.3 is 0 Å². The Morgan fingerprint density at radius 1 is 1.10 bits per heavy atom. The van der Waals surface area contributed by atoms with E-state index in [1.807, 2.05) is 0 Å². The number of hydrogen-bond donors (Lipinski definition) is 1. The molecule has 0 fully saturated rings. The van der Waals surface area contributed by atoms with E-state index in [0.29, 0.717) is 6.61 Å². The molecule has 0 aliphatic carbocycles. The van der Waals surface area contributed by atoms with E-state index in [1.165, 1.54) is 34.4 Å². The van der Waals surface area contributed by atoms with Crippen LogP contribution in [-0.2, 0) is 0 Å². The summed E-state index contributed by atoms with van der Waals surface area (Å²) in [5, 5.41) is 9.55. The van der Waals surface area contributed by atoms with Crippen molar-refractivity contribution in [3.8, 4) is 0 Å².